The number of halogens is 1. The van der Waals surface area contributed by atoms with Gasteiger partial charge in [0.25, 0.3) is 0 Å². The molecule has 1 N–H and O–H groups in total. The monoisotopic (exact) mass is 245 g/mol. The van der Waals surface area contributed by atoms with Crippen LogP contribution in [-0.4, -0.2) is 23.6 Å². The lowest BCUT2D eigenvalue weighted by atomic mass is 10.2. The van der Waals surface area contributed by atoms with Gasteiger partial charge in [0, 0.05) is 33.9 Å². The lowest BCUT2D eigenvalue weighted by molar-refractivity contribution is 0.679. The molecular weight excluding hydrogens is 230 g/mol. The maximum absolute atomic E-state index is 11.6. The Balaban J connectivity index is 2.57. The Morgan fingerprint density at radius 2 is 2.20 bits per heavy atom. The van der Waals surface area contributed by atoms with Gasteiger partial charge in [0.2, 0.25) is 0 Å². The summed E-state index contributed by atoms with van der Waals surface area (Å²) in [6, 6.07) is 5.80. The van der Waals surface area contributed by atoms with Crippen molar-refractivity contribution in [2.24, 2.45) is 0 Å². The third kappa shape index (κ3) is 4.33. The molecule has 0 aliphatic heterocycles. The van der Waals surface area contributed by atoms with Crippen LogP contribution in [0.15, 0.2) is 18.2 Å². The Morgan fingerprint density at radius 1 is 1.47 bits per heavy atom. The summed E-state index contributed by atoms with van der Waals surface area (Å²) in [4.78, 5) is 0. The maximum atomic E-state index is 11.6. The average Bonchev–Trinajstić information content (AvgIpc) is 2.20. The smallest absolute Gasteiger partial charge is 0.0486 e. The Morgan fingerprint density at radius 3 is 2.80 bits per heavy atom. The van der Waals surface area contributed by atoms with Gasteiger partial charge in [0.15, 0.2) is 0 Å². The van der Waals surface area contributed by atoms with E-state index in [1.54, 1.807) is 0 Å². The third-order valence-corrected chi connectivity index (χ3v) is 3.87. The zero-order chi connectivity index (χ0) is 11.3. The van der Waals surface area contributed by atoms with Crippen LogP contribution in [0, 0.1) is 6.92 Å². The Kier molecular flexibility index (Phi) is 5.29. The molecule has 0 saturated heterocycles. The van der Waals surface area contributed by atoms with Crippen LogP contribution in [0.3, 0.4) is 0 Å². The number of aryl methyl sites for hydroxylation is 1. The van der Waals surface area contributed by atoms with Gasteiger partial charge >= 0.3 is 0 Å². The molecule has 0 spiro atoms. The van der Waals surface area contributed by atoms with E-state index in [4.69, 9.17) is 11.6 Å². The molecule has 0 radical (unpaired) electrons. The second-order valence-corrected chi connectivity index (χ2v) is 5.46. The van der Waals surface area contributed by atoms with E-state index in [9.17, 15) is 4.21 Å². The molecular formula is C11H16ClNOS. The van der Waals surface area contributed by atoms with Crippen molar-refractivity contribution >= 4 is 22.4 Å². The summed E-state index contributed by atoms with van der Waals surface area (Å²) in [5.74, 6) is 1.30. The van der Waals surface area contributed by atoms with Gasteiger partial charge in [-0.1, -0.05) is 23.7 Å². The molecule has 15 heavy (non-hydrogen) atoms. The Bertz CT molecular complexity index is 354. The van der Waals surface area contributed by atoms with Crippen molar-refractivity contribution in [2.75, 3.05) is 19.3 Å². The summed E-state index contributed by atoms with van der Waals surface area (Å²) in [5.41, 5.74) is 2.13. The van der Waals surface area contributed by atoms with Crippen molar-refractivity contribution in [1.29, 1.82) is 0 Å². The normalized spacial score (nSPS) is 12.7. The number of benzene rings is 1. The van der Waals surface area contributed by atoms with Crippen LogP contribution in [-0.2, 0) is 16.6 Å². The third-order valence-electron chi connectivity index (χ3n) is 2.13. The molecule has 0 amide bonds. The first-order valence-corrected chi connectivity index (χ1v) is 6.74. The number of rotatable bonds is 5. The largest absolute Gasteiger partial charge is 0.319 e. The summed E-state index contributed by atoms with van der Waals surface area (Å²) in [5, 5.41) is 3.75. The quantitative estimate of drug-likeness (QED) is 0.861. The molecule has 1 atom stereocenters. The van der Waals surface area contributed by atoms with Crippen molar-refractivity contribution in [3.8, 4) is 0 Å². The lowest BCUT2D eigenvalue weighted by Crippen LogP contribution is -2.16. The van der Waals surface area contributed by atoms with Gasteiger partial charge in [0.05, 0.1) is 0 Å². The van der Waals surface area contributed by atoms with Crippen molar-refractivity contribution < 1.29 is 4.21 Å². The predicted octanol–water partition coefficient (Wildman–Crippen LogP) is 2.12. The number of hydrogen-bond acceptors (Lipinski definition) is 2. The minimum absolute atomic E-state index is 0.611. The van der Waals surface area contributed by atoms with Gasteiger partial charge in [-0.25, -0.2) is 0 Å². The highest BCUT2D eigenvalue weighted by atomic mass is 35.5. The van der Waals surface area contributed by atoms with E-state index in [1.807, 2.05) is 32.2 Å². The van der Waals surface area contributed by atoms with Gasteiger partial charge in [-0.2, -0.15) is 0 Å². The molecule has 0 heterocycles. The fraction of sp³-hybridized carbons (Fsp3) is 0.455. The molecule has 84 valence electrons. The second kappa shape index (κ2) is 6.26. The van der Waals surface area contributed by atoms with Crippen LogP contribution in [0.5, 0.6) is 0 Å². The molecule has 0 bridgehead atoms. The lowest BCUT2D eigenvalue weighted by Gasteiger charge is -2.04. The Labute approximate surface area is 98.5 Å². The fourth-order valence-electron chi connectivity index (χ4n) is 1.27. The van der Waals surface area contributed by atoms with E-state index in [2.05, 4.69) is 5.32 Å². The summed E-state index contributed by atoms with van der Waals surface area (Å²) in [6.07, 6.45) is 0. The van der Waals surface area contributed by atoms with Crippen LogP contribution >= 0.6 is 11.6 Å². The number of nitrogens with one attached hydrogen (secondary N) is 1. The van der Waals surface area contributed by atoms with E-state index >= 15 is 0 Å². The van der Waals surface area contributed by atoms with Gasteiger partial charge in [0.1, 0.15) is 0 Å². The minimum atomic E-state index is -0.791. The highest BCUT2D eigenvalue weighted by Crippen LogP contribution is 2.17. The highest BCUT2D eigenvalue weighted by Gasteiger charge is 2.03. The zero-order valence-electron chi connectivity index (χ0n) is 9.05. The molecule has 0 aromatic heterocycles. The molecule has 1 unspecified atom stereocenters. The van der Waals surface area contributed by atoms with Gasteiger partial charge in [-0.3, -0.25) is 4.21 Å². The second-order valence-electron chi connectivity index (χ2n) is 3.48. The summed E-state index contributed by atoms with van der Waals surface area (Å²) in [7, 11) is 1.07. The minimum Gasteiger partial charge on any atom is -0.319 e. The first kappa shape index (κ1) is 12.7. The molecule has 0 saturated carbocycles. The SMILES string of the molecule is CNCCS(=O)Cc1ccc(Cl)c(C)c1. The maximum Gasteiger partial charge on any atom is 0.0486 e. The van der Waals surface area contributed by atoms with Gasteiger partial charge in [-0.05, 0) is 31.2 Å². The van der Waals surface area contributed by atoms with Gasteiger partial charge in [-0.15, -0.1) is 0 Å². The van der Waals surface area contributed by atoms with Crippen LogP contribution in [0.1, 0.15) is 11.1 Å². The summed E-state index contributed by atoms with van der Waals surface area (Å²) < 4.78 is 11.6. The van der Waals surface area contributed by atoms with Crippen LogP contribution in [0.2, 0.25) is 5.02 Å². The first-order chi connectivity index (χ1) is 7.13. The van der Waals surface area contributed by atoms with Gasteiger partial charge < -0.3 is 5.32 Å². The van der Waals surface area contributed by atoms with Crippen molar-refractivity contribution in [1.82, 2.24) is 5.32 Å². The van der Waals surface area contributed by atoms with Crippen molar-refractivity contribution in [3.05, 3.63) is 34.3 Å². The predicted molar refractivity (Wildman–Crippen MR) is 66.8 cm³/mol. The molecule has 2 nitrogen and oxygen atoms in total. The Hall–Kier alpha value is -0.380. The zero-order valence-corrected chi connectivity index (χ0v) is 10.6. The molecule has 1 aromatic rings. The molecule has 4 heteroatoms. The van der Waals surface area contributed by atoms with Crippen LogP contribution in [0.4, 0.5) is 0 Å². The highest BCUT2D eigenvalue weighted by molar-refractivity contribution is 7.84. The summed E-state index contributed by atoms with van der Waals surface area (Å²) in [6.45, 7) is 2.75. The van der Waals surface area contributed by atoms with E-state index in [1.165, 1.54) is 0 Å². The molecule has 0 aliphatic carbocycles. The average molecular weight is 246 g/mol. The standard InChI is InChI=1S/C11H16ClNOS/c1-9-7-10(3-4-11(9)12)8-15(14)6-5-13-2/h3-4,7,13H,5-6,8H2,1-2H3. The van der Waals surface area contributed by atoms with E-state index in [-0.39, 0.29) is 0 Å². The topological polar surface area (TPSA) is 29.1 Å². The fourth-order valence-corrected chi connectivity index (χ4v) is 2.52. The van der Waals surface area contributed by atoms with E-state index in [0.717, 1.165) is 22.7 Å². The van der Waals surface area contributed by atoms with Crippen molar-refractivity contribution in [2.45, 2.75) is 12.7 Å². The molecule has 0 fully saturated rings. The first-order valence-electron chi connectivity index (χ1n) is 4.88. The van der Waals surface area contributed by atoms with E-state index < -0.39 is 10.8 Å². The molecule has 0 aliphatic rings. The molecule has 1 rings (SSSR count). The molecule has 1 aromatic carbocycles. The van der Waals surface area contributed by atoms with Crippen molar-refractivity contribution in [3.63, 3.8) is 0 Å². The van der Waals surface area contributed by atoms with E-state index in [0.29, 0.717) is 11.5 Å². The van der Waals surface area contributed by atoms with Crippen LogP contribution < -0.4 is 5.32 Å². The number of hydrogen-bond donors (Lipinski definition) is 1. The summed E-state index contributed by atoms with van der Waals surface area (Å²) >= 11 is 5.91. The van der Waals surface area contributed by atoms with Crippen LogP contribution in [0.25, 0.3) is 0 Å².